The van der Waals surface area contributed by atoms with Crippen LogP contribution < -0.4 is 5.32 Å². The Morgan fingerprint density at radius 2 is 2.00 bits per heavy atom. The van der Waals surface area contributed by atoms with Crippen LogP contribution in [0.15, 0.2) is 0 Å². The fourth-order valence-corrected chi connectivity index (χ4v) is 3.53. The Balaban J connectivity index is 1.44. The van der Waals surface area contributed by atoms with E-state index >= 15 is 0 Å². The average Bonchev–Trinajstić information content (AvgIpc) is 2.90. The van der Waals surface area contributed by atoms with Gasteiger partial charge in [0.15, 0.2) is 0 Å². The number of carbonyl (C=O) groups excluding carboxylic acids is 1. The fourth-order valence-electron chi connectivity index (χ4n) is 2.60. The molecule has 2 fully saturated rings. The Hall–Kier alpha value is -0.970. The quantitative estimate of drug-likeness (QED) is 0.888. The Labute approximate surface area is 111 Å². The molecule has 98 valence electrons. The molecule has 1 aromatic rings. The molecular formula is C13H19N3OS. The van der Waals surface area contributed by atoms with Gasteiger partial charge >= 0.3 is 0 Å². The topological polar surface area (TPSA) is 54.9 Å². The van der Waals surface area contributed by atoms with Crippen LogP contribution in [0.25, 0.3) is 0 Å². The summed E-state index contributed by atoms with van der Waals surface area (Å²) in [5, 5.41) is 12.8. The highest BCUT2D eigenvalue weighted by molar-refractivity contribution is 7.15. The van der Waals surface area contributed by atoms with E-state index in [9.17, 15) is 4.79 Å². The summed E-state index contributed by atoms with van der Waals surface area (Å²) in [7, 11) is 0. The maximum Gasteiger partial charge on any atom is 0.226 e. The largest absolute Gasteiger partial charge is 0.301 e. The second-order valence-electron chi connectivity index (χ2n) is 5.46. The highest BCUT2D eigenvalue weighted by Crippen LogP contribution is 2.42. The maximum absolute atomic E-state index is 11.8. The number of rotatable bonds is 5. The van der Waals surface area contributed by atoms with Crippen LogP contribution in [-0.2, 0) is 4.79 Å². The molecule has 1 N–H and O–H groups in total. The van der Waals surface area contributed by atoms with Crippen LogP contribution in [0.2, 0.25) is 0 Å². The zero-order chi connectivity index (χ0) is 12.4. The molecular weight excluding hydrogens is 246 g/mol. The number of aromatic nitrogens is 2. The van der Waals surface area contributed by atoms with Gasteiger partial charge in [0.05, 0.1) is 0 Å². The van der Waals surface area contributed by atoms with Crippen molar-refractivity contribution in [1.29, 1.82) is 0 Å². The van der Waals surface area contributed by atoms with Gasteiger partial charge in [-0.1, -0.05) is 37.0 Å². The number of anilines is 1. The molecule has 1 amide bonds. The van der Waals surface area contributed by atoms with Crippen molar-refractivity contribution in [2.45, 2.75) is 57.3 Å². The molecule has 3 rings (SSSR count). The second kappa shape index (κ2) is 5.34. The highest BCUT2D eigenvalue weighted by atomic mass is 32.1. The van der Waals surface area contributed by atoms with E-state index in [0.717, 1.165) is 17.3 Å². The summed E-state index contributed by atoms with van der Waals surface area (Å²) in [5.74, 6) is 1.49. The number of hydrogen-bond donors (Lipinski definition) is 1. The fraction of sp³-hybridized carbons (Fsp3) is 0.769. The van der Waals surface area contributed by atoms with Crippen molar-refractivity contribution in [2.24, 2.45) is 5.92 Å². The molecule has 0 unspecified atom stereocenters. The molecule has 0 spiro atoms. The van der Waals surface area contributed by atoms with E-state index in [1.54, 1.807) is 0 Å². The predicted octanol–water partition coefficient (Wildman–Crippen LogP) is 3.32. The number of carbonyl (C=O) groups is 1. The molecule has 2 aliphatic rings. The lowest BCUT2D eigenvalue weighted by Gasteiger charge is -2.07. The van der Waals surface area contributed by atoms with E-state index in [1.165, 1.54) is 49.9 Å². The molecule has 1 aromatic heterocycles. The van der Waals surface area contributed by atoms with Crippen LogP contribution in [0.1, 0.15) is 62.3 Å². The van der Waals surface area contributed by atoms with Crippen molar-refractivity contribution in [1.82, 2.24) is 10.2 Å². The minimum absolute atomic E-state index is 0.0976. The van der Waals surface area contributed by atoms with Gasteiger partial charge in [-0.05, 0) is 25.2 Å². The summed E-state index contributed by atoms with van der Waals surface area (Å²) in [6.45, 7) is 0. The Bertz CT molecular complexity index is 422. The van der Waals surface area contributed by atoms with Gasteiger partial charge < -0.3 is 5.32 Å². The lowest BCUT2D eigenvalue weighted by Crippen LogP contribution is -2.12. The van der Waals surface area contributed by atoms with Crippen molar-refractivity contribution >= 4 is 22.4 Å². The summed E-state index contributed by atoms with van der Waals surface area (Å²) in [5.41, 5.74) is 0. The summed E-state index contributed by atoms with van der Waals surface area (Å²) in [6.07, 6.45) is 9.40. The number of nitrogens with one attached hydrogen (secondary N) is 1. The Morgan fingerprint density at radius 3 is 2.72 bits per heavy atom. The van der Waals surface area contributed by atoms with E-state index in [2.05, 4.69) is 15.5 Å². The number of nitrogens with zero attached hydrogens (tertiary/aromatic N) is 2. The van der Waals surface area contributed by atoms with E-state index in [1.807, 2.05) is 0 Å². The van der Waals surface area contributed by atoms with Crippen molar-refractivity contribution in [2.75, 3.05) is 5.32 Å². The zero-order valence-electron chi connectivity index (χ0n) is 10.5. The molecule has 1 heterocycles. The van der Waals surface area contributed by atoms with Gasteiger partial charge in [0.1, 0.15) is 5.01 Å². The van der Waals surface area contributed by atoms with Gasteiger partial charge in [-0.3, -0.25) is 4.79 Å². The van der Waals surface area contributed by atoms with Gasteiger partial charge in [0, 0.05) is 12.3 Å². The minimum atomic E-state index is 0.0976. The van der Waals surface area contributed by atoms with Gasteiger partial charge in [-0.25, -0.2) is 0 Å². The zero-order valence-corrected chi connectivity index (χ0v) is 11.3. The molecule has 0 atom stereocenters. The molecule has 0 aromatic carbocycles. The van der Waals surface area contributed by atoms with Crippen LogP contribution in [0.5, 0.6) is 0 Å². The summed E-state index contributed by atoms with van der Waals surface area (Å²) < 4.78 is 0. The molecule has 18 heavy (non-hydrogen) atoms. The lowest BCUT2D eigenvalue weighted by molar-refractivity contribution is -0.116. The van der Waals surface area contributed by atoms with E-state index in [4.69, 9.17) is 0 Å². The monoisotopic (exact) mass is 265 g/mol. The third-order valence-corrected chi connectivity index (χ3v) is 4.87. The molecule has 0 radical (unpaired) electrons. The van der Waals surface area contributed by atoms with Crippen LogP contribution in [0.4, 0.5) is 5.13 Å². The Morgan fingerprint density at radius 1 is 1.22 bits per heavy atom. The molecule has 2 saturated carbocycles. The van der Waals surface area contributed by atoms with Gasteiger partial charge in [0.2, 0.25) is 11.0 Å². The molecule has 0 aliphatic heterocycles. The highest BCUT2D eigenvalue weighted by Gasteiger charge is 2.27. The average molecular weight is 265 g/mol. The van der Waals surface area contributed by atoms with Crippen molar-refractivity contribution in [3.63, 3.8) is 0 Å². The number of amides is 1. The predicted molar refractivity (Wildman–Crippen MR) is 71.7 cm³/mol. The van der Waals surface area contributed by atoms with Crippen LogP contribution in [0, 0.1) is 5.92 Å². The summed E-state index contributed by atoms with van der Waals surface area (Å²) in [6, 6.07) is 0. The Kier molecular flexibility index (Phi) is 3.59. The number of hydrogen-bond acceptors (Lipinski definition) is 4. The van der Waals surface area contributed by atoms with Crippen LogP contribution >= 0.6 is 11.3 Å². The van der Waals surface area contributed by atoms with Crippen LogP contribution in [-0.4, -0.2) is 16.1 Å². The van der Waals surface area contributed by atoms with Crippen molar-refractivity contribution < 1.29 is 4.79 Å². The standard InChI is InChI=1S/C13H19N3OS/c17-11(8-5-9-3-1-2-4-9)14-13-16-15-12(18-13)10-6-7-10/h9-10H,1-8H2,(H,14,16,17). The molecule has 4 nitrogen and oxygen atoms in total. The molecule has 0 bridgehead atoms. The van der Waals surface area contributed by atoms with Gasteiger partial charge in [-0.2, -0.15) is 0 Å². The molecule has 5 heteroatoms. The van der Waals surface area contributed by atoms with Crippen LogP contribution in [0.3, 0.4) is 0 Å². The SMILES string of the molecule is O=C(CCC1CCCC1)Nc1nnc(C2CC2)s1. The summed E-state index contributed by atoms with van der Waals surface area (Å²) in [4.78, 5) is 11.8. The normalized spacial score (nSPS) is 20.2. The first-order valence-corrected chi connectivity index (χ1v) is 7.76. The van der Waals surface area contributed by atoms with E-state index in [-0.39, 0.29) is 5.91 Å². The third kappa shape index (κ3) is 3.07. The molecule has 2 aliphatic carbocycles. The third-order valence-electron chi connectivity index (χ3n) is 3.87. The molecule has 0 saturated heterocycles. The van der Waals surface area contributed by atoms with Crippen molar-refractivity contribution in [3.8, 4) is 0 Å². The van der Waals surface area contributed by atoms with Crippen molar-refractivity contribution in [3.05, 3.63) is 5.01 Å². The lowest BCUT2D eigenvalue weighted by atomic mass is 10.0. The van der Waals surface area contributed by atoms with E-state index in [0.29, 0.717) is 17.5 Å². The first kappa shape index (κ1) is 12.1. The smallest absolute Gasteiger partial charge is 0.226 e. The minimum Gasteiger partial charge on any atom is -0.301 e. The first-order valence-electron chi connectivity index (χ1n) is 6.94. The second-order valence-corrected chi connectivity index (χ2v) is 6.47. The van der Waals surface area contributed by atoms with Gasteiger partial charge in [0.25, 0.3) is 0 Å². The van der Waals surface area contributed by atoms with E-state index < -0.39 is 0 Å². The van der Waals surface area contributed by atoms with Gasteiger partial charge in [-0.15, -0.1) is 10.2 Å². The first-order chi connectivity index (χ1) is 8.81. The maximum atomic E-state index is 11.8. The summed E-state index contributed by atoms with van der Waals surface area (Å²) >= 11 is 1.54.